The third-order valence-corrected chi connectivity index (χ3v) is 3.43. The first-order valence-corrected chi connectivity index (χ1v) is 8.47. The molecule has 0 aliphatic carbocycles. The second-order valence-electron chi connectivity index (χ2n) is 5.76. The first kappa shape index (κ1) is 23.3. The number of carboxylic acid groups (broad SMARTS) is 1. The molecule has 1 aromatic heterocycles. The van der Waals surface area contributed by atoms with Crippen molar-refractivity contribution in [1.82, 2.24) is 9.97 Å². The number of aromatic nitrogens is 2. The highest BCUT2D eigenvalue weighted by molar-refractivity contribution is 6.21. The van der Waals surface area contributed by atoms with Crippen molar-refractivity contribution < 1.29 is 42.2 Å². The lowest BCUT2D eigenvalue weighted by atomic mass is 9.96. The van der Waals surface area contributed by atoms with Gasteiger partial charge in [0.15, 0.2) is 18.1 Å². The Morgan fingerprint density at radius 1 is 1.19 bits per heavy atom. The highest BCUT2D eigenvalue weighted by Gasteiger charge is 2.29. The van der Waals surface area contributed by atoms with E-state index in [4.69, 9.17) is 4.74 Å². The second kappa shape index (κ2) is 10.2. The number of halogens is 3. The lowest BCUT2D eigenvalue weighted by molar-refractivity contribution is -0.154. The Morgan fingerprint density at radius 3 is 2.45 bits per heavy atom. The van der Waals surface area contributed by atoms with Crippen molar-refractivity contribution >= 4 is 23.2 Å². The lowest BCUT2D eigenvalue weighted by Crippen LogP contribution is -2.20. The number of carbonyl (C=O) groups is 2. The van der Waals surface area contributed by atoms with E-state index in [1.54, 1.807) is 12.1 Å². The molecule has 0 saturated carbocycles. The molecule has 1 aromatic carbocycles. The van der Waals surface area contributed by atoms with E-state index in [0.717, 1.165) is 25.4 Å². The third-order valence-electron chi connectivity index (χ3n) is 3.43. The number of oxime groups is 1. The van der Waals surface area contributed by atoms with Gasteiger partial charge in [-0.1, -0.05) is 29.4 Å². The molecule has 0 radical (unpaired) electrons. The second-order valence-corrected chi connectivity index (χ2v) is 5.76. The van der Waals surface area contributed by atoms with Crippen LogP contribution in [0.2, 0.25) is 0 Å². The van der Waals surface area contributed by atoms with Gasteiger partial charge in [-0.05, 0) is 0 Å². The molecule has 9 nitrogen and oxygen atoms in total. The van der Waals surface area contributed by atoms with Crippen molar-refractivity contribution in [2.24, 2.45) is 5.16 Å². The zero-order valence-corrected chi connectivity index (χ0v) is 16.2. The van der Waals surface area contributed by atoms with E-state index in [2.05, 4.69) is 24.7 Å². The van der Waals surface area contributed by atoms with Crippen LogP contribution in [0.4, 0.5) is 13.2 Å². The van der Waals surface area contributed by atoms with Crippen LogP contribution in [-0.2, 0) is 19.2 Å². The monoisotopic (exact) mass is 439 g/mol. The molecular weight excluding hydrogens is 423 g/mol. The Kier molecular flexibility index (Phi) is 7.66. The molecule has 0 bridgehead atoms. The van der Waals surface area contributed by atoms with E-state index in [1.807, 2.05) is 0 Å². The van der Waals surface area contributed by atoms with Crippen LogP contribution in [0.3, 0.4) is 0 Å². The minimum absolute atomic E-state index is 0.105. The molecule has 31 heavy (non-hydrogen) atoms. The van der Waals surface area contributed by atoms with E-state index in [-0.39, 0.29) is 28.2 Å². The number of nitrogens with zero attached hydrogens (tertiary/aromatic N) is 3. The molecule has 0 aliphatic rings. The van der Waals surface area contributed by atoms with Crippen molar-refractivity contribution in [3.05, 3.63) is 59.7 Å². The van der Waals surface area contributed by atoms with E-state index >= 15 is 0 Å². The van der Waals surface area contributed by atoms with Gasteiger partial charge in [0.05, 0.1) is 13.4 Å². The Balaban J connectivity index is 2.61. The molecule has 0 atom stereocenters. The molecule has 0 aliphatic heterocycles. The summed E-state index contributed by atoms with van der Waals surface area (Å²) in [5.74, 6) is -2.81. The fraction of sp³-hybridized carbons (Fsp3) is 0.211. The molecule has 164 valence electrons. The molecule has 0 amide bonds. The topological polar surface area (TPSA) is 120 Å². The fourth-order valence-electron chi connectivity index (χ4n) is 2.28. The molecule has 2 aromatic rings. The Hall–Kier alpha value is -3.96. The maximum Gasteiger partial charge on any atom is 0.422 e. The molecule has 0 spiro atoms. The molecule has 0 saturated heterocycles. The summed E-state index contributed by atoms with van der Waals surface area (Å²) in [5.41, 5.74) is -0.264. The third kappa shape index (κ3) is 6.80. The smallest absolute Gasteiger partial charge is 0.422 e. The van der Waals surface area contributed by atoms with Gasteiger partial charge < -0.3 is 19.4 Å². The standard InChI is InChI=1S/C19H16F3N3O6/c1-11(26)31-25-16(17-23-8-7-15(24-17)30-10-19(20,21)22)13-6-4-3-5-12(13)14(9-29-2)18(27)28/h3-9H,10H2,1-2H3,(H,27,28)/b14-9+,25-16-. The summed E-state index contributed by atoms with van der Waals surface area (Å²) < 4.78 is 46.8. The highest BCUT2D eigenvalue weighted by Crippen LogP contribution is 2.23. The van der Waals surface area contributed by atoms with E-state index in [0.29, 0.717) is 0 Å². The van der Waals surface area contributed by atoms with E-state index in [9.17, 15) is 27.9 Å². The number of alkyl halides is 3. The molecule has 12 heteroatoms. The quantitative estimate of drug-likeness (QED) is 0.219. The van der Waals surface area contributed by atoms with E-state index < -0.39 is 30.6 Å². The molecule has 0 unspecified atom stereocenters. The normalized spacial score (nSPS) is 12.3. The van der Waals surface area contributed by atoms with Gasteiger partial charge >= 0.3 is 18.1 Å². The van der Waals surface area contributed by atoms with Gasteiger partial charge in [0.25, 0.3) is 0 Å². The number of hydrogen-bond donors (Lipinski definition) is 1. The number of carbonyl (C=O) groups excluding carboxylic acids is 1. The Labute approximate surface area is 173 Å². The predicted octanol–water partition coefficient (Wildman–Crippen LogP) is 2.81. The van der Waals surface area contributed by atoms with Gasteiger partial charge in [0.2, 0.25) is 5.88 Å². The zero-order valence-electron chi connectivity index (χ0n) is 16.2. The Morgan fingerprint density at radius 2 is 1.87 bits per heavy atom. The van der Waals surface area contributed by atoms with Gasteiger partial charge in [-0.25, -0.2) is 14.6 Å². The zero-order chi connectivity index (χ0) is 23.0. The van der Waals surface area contributed by atoms with Gasteiger partial charge in [-0.15, -0.1) is 0 Å². The largest absolute Gasteiger partial charge is 0.503 e. The first-order chi connectivity index (χ1) is 14.6. The van der Waals surface area contributed by atoms with Crippen molar-refractivity contribution in [2.75, 3.05) is 13.7 Å². The average molecular weight is 439 g/mol. The number of rotatable bonds is 8. The maximum atomic E-state index is 12.4. The SMILES string of the molecule is CO/C=C(/C(=O)O)c1ccccc1/C(=N/OC(C)=O)c1nccc(OCC(F)(F)F)n1. The number of hydrogen-bond acceptors (Lipinski definition) is 8. The number of benzene rings is 1. The van der Waals surface area contributed by atoms with Gasteiger partial charge in [0, 0.05) is 30.3 Å². The van der Waals surface area contributed by atoms with Crippen molar-refractivity contribution in [1.29, 1.82) is 0 Å². The summed E-state index contributed by atoms with van der Waals surface area (Å²) in [6, 6.07) is 7.05. The summed E-state index contributed by atoms with van der Waals surface area (Å²) >= 11 is 0. The van der Waals surface area contributed by atoms with Crippen LogP contribution >= 0.6 is 0 Å². The summed E-state index contributed by atoms with van der Waals surface area (Å²) in [6.45, 7) is -0.513. The summed E-state index contributed by atoms with van der Waals surface area (Å²) in [7, 11) is 1.25. The molecule has 1 N–H and O–H groups in total. The van der Waals surface area contributed by atoms with Gasteiger partial charge in [0.1, 0.15) is 5.57 Å². The van der Waals surface area contributed by atoms with Crippen LogP contribution in [0, 0.1) is 0 Å². The van der Waals surface area contributed by atoms with Gasteiger partial charge in [-0.3, -0.25) is 0 Å². The van der Waals surface area contributed by atoms with Crippen LogP contribution in [0.25, 0.3) is 5.57 Å². The minimum atomic E-state index is -4.59. The average Bonchev–Trinajstić information content (AvgIpc) is 2.70. The van der Waals surface area contributed by atoms with E-state index in [1.165, 1.54) is 19.2 Å². The van der Waals surface area contributed by atoms with Crippen molar-refractivity contribution in [3.63, 3.8) is 0 Å². The number of aliphatic carboxylic acids is 1. The predicted molar refractivity (Wildman–Crippen MR) is 100 cm³/mol. The molecule has 1 heterocycles. The number of carboxylic acids is 1. The summed E-state index contributed by atoms with van der Waals surface area (Å²) in [4.78, 5) is 35.4. The van der Waals surface area contributed by atoms with Crippen molar-refractivity contribution in [3.8, 4) is 5.88 Å². The molecular formula is C19H16F3N3O6. The maximum absolute atomic E-state index is 12.4. The minimum Gasteiger partial charge on any atom is -0.503 e. The number of methoxy groups -OCH3 is 1. The molecule has 0 fully saturated rings. The molecule has 2 rings (SSSR count). The fourth-order valence-corrected chi connectivity index (χ4v) is 2.28. The summed E-state index contributed by atoms with van der Waals surface area (Å²) in [6.07, 6.45) is -2.49. The lowest BCUT2D eigenvalue weighted by Gasteiger charge is -2.13. The first-order valence-electron chi connectivity index (χ1n) is 8.47. The summed E-state index contributed by atoms with van der Waals surface area (Å²) in [5, 5.41) is 13.2. The van der Waals surface area contributed by atoms with Crippen LogP contribution < -0.4 is 4.74 Å². The van der Waals surface area contributed by atoms with Crippen molar-refractivity contribution in [2.45, 2.75) is 13.1 Å². The van der Waals surface area contributed by atoms with Gasteiger partial charge in [-0.2, -0.15) is 18.2 Å². The van der Waals surface area contributed by atoms with Crippen LogP contribution in [-0.4, -0.2) is 52.6 Å². The van der Waals surface area contributed by atoms with Crippen LogP contribution in [0.5, 0.6) is 5.88 Å². The van der Waals surface area contributed by atoms with Crippen LogP contribution in [0.1, 0.15) is 23.9 Å². The van der Waals surface area contributed by atoms with Crippen LogP contribution in [0.15, 0.2) is 47.9 Å². The highest BCUT2D eigenvalue weighted by atomic mass is 19.4. The number of ether oxygens (including phenoxy) is 2. The Bertz CT molecular complexity index is 1020.